The summed E-state index contributed by atoms with van der Waals surface area (Å²) >= 11 is 11.8. The zero-order valence-electron chi connectivity index (χ0n) is 14.2. The molecule has 5 nitrogen and oxygen atoms in total. The van der Waals surface area contributed by atoms with Gasteiger partial charge in [0.15, 0.2) is 6.61 Å². The molecule has 2 amide bonds. The van der Waals surface area contributed by atoms with Crippen molar-refractivity contribution < 1.29 is 14.3 Å². The molecule has 0 saturated carbocycles. The third kappa shape index (κ3) is 4.11. The number of amides is 2. The van der Waals surface area contributed by atoms with Crippen LogP contribution in [0, 0.1) is 0 Å². The Morgan fingerprint density at radius 2 is 2.00 bits per heavy atom. The van der Waals surface area contributed by atoms with E-state index in [0.29, 0.717) is 15.8 Å². The standard InChI is InChI=1S/C19H18Cl2N2O3/c1-12-8-13-4-2-3-5-16(13)23(12)19(25)10-22-18(24)11-26-17-7-6-14(20)9-15(17)21/h2-7,9,12H,8,10-11H2,1H3,(H,22,24). The van der Waals surface area contributed by atoms with E-state index in [4.69, 9.17) is 27.9 Å². The number of fused-ring (bicyclic) bond motifs is 1. The monoisotopic (exact) mass is 392 g/mol. The van der Waals surface area contributed by atoms with Crippen molar-refractivity contribution >= 4 is 40.7 Å². The van der Waals surface area contributed by atoms with Crippen molar-refractivity contribution in [2.24, 2.45) is 0 Å². The van der Waals surface area contributed by atoms with Gasteiger partial charge in [-0.05, 0) is 43.2 Å². The van der Waals surface area contributed by atoms with Crippen molar-refractivity contribution in [3.63, 3.8) is 0 Å². The van der Waals surface area contributed by atoms with Crippen molar-refractivity contribution in [3.05, 3.63) is 58.1 Å². The molecule has 2 aromatic carbocycles. The van der Waals surface area contributed by atoms with Gasteiger partial charge in [0.25, 0.3) is 5.91 Å². The molecule has 0 radical (unpaired) electrons. The average molecular weight is 393 g/mol. The molecule has 1 heterocycles. The highest BCUT2D eigenvalue weighted by Gasteiger charge is 2.30. The van der Waals surface area contributed by atoms with Gasteiger partial charge in [0.2, 0.25) is 5.91 Å². The molecular formula is C19H18Cl2N2O3. The maximum Gasteiger partial charge on any atom is 0.258 e. The number of hydrogen-bond acceptors (Lipinski definition) is 3. The second-order valence-corrected chi connectivity index (χ2v) is 6.93. The van der Waals surface area contributed by atoms with Crippen molar-refractivity contribution in [1.82, 2.24) is 5.32 Å². The Bertz CT molecular complexity index is 841. The lowest BCUT2D eigenvalue weighted by Gasteiger charge is -2.22. The number of hydrogen-bond donors (Lipinski definition) is 1. The summed E-state index contributed by atoms with van der Waals surface area (Å²) in [7, 11) is 0. The number of nitrogens with zero attached hydrogens (tertiary/aromatic N) is 1. The molecule has 2 aromatic rings. The minimum Gasteiger partial charge on any atom is -0.482 e. The van der Waals surface area contributed by atoms with E-state index in [1.54, 1.807) is 17.0 Å². The SMILES string of the molecule is CC1Cc2ccccc2N1C(=O)CNC(=O)COc1ccc(Cl)cc1Cl. The molecule has 26 heavy (non-hydrogen) atoms. The van der Waals surface area contributed by atoms with Crippen LogP contribution in [0.5, 0.6) is 5.75 Å². The summed E-state index contributed by atoms with van der Waals surface area (Å²) in [5.41, 5.74) is 2.05. The number of halogens is 2. The first kappa shape index (κ1) is 18.5. The molecule has 0 fully saturated rings. The molecule has 0 saturated heterocycles. The van der Waals surface area contributed by atoms with Crippen LogP contribution >= 0.6 is 23.2 Å². The van der Waals surface area contributed by atoms with Gasteiger partial charge in [-0.15, -0.1) is 0 Å². The minimum atomic E-state index is -0.399. The summed E-state index contributed by atoms with van der Waals surface area (Å²) in [5.74, 6) is -0.190. The first-order valence-corrected chi connectivity index (χ1v) is 8.96. The summed E-state index contributed by atoms with van der Waals surface area (Å²) in [6.07, 6.45) is 0.814. The fraction of sp³-hybridized carbons (Fsp3) is 0.263. The highest BCUT2D eigenvalue weighted by atomic mass is 35.5. The minimum absolute atomic E-state index is 0.0703. The van der Waals surface area contributed by atoms with Crippen LogP contribution < -0.4 is 15.0 Å². The Balaban J connectivity index is 1.52. The molecule has 1 unspecified atom stereocenters. The Kier molecular flexibility index (Phi) is 5.69. The summed E-state index contributed by atoms with van der Waals surface area (Å²) in [6.45, 7) is 1.67. The number of carbonyl (C=O) groups excluding carboxylic acids is 2. The van der Waals surface area contributed by atoms with E-state index >= 15 is 0 Å². The van der Waals surface area contributed by atoms with Crippen molar-refractivity contribution in [1.29, 1.82) is 0 Å². The topological polar surface area (TPSA) is 58.6 Å². The third-order valence-electron chi connectivity index (χ3n) is 4.17. The zero-order valence-corrected chi connectivity index (χ0v) is 15.7. The van der Waals surface area contributed by atoms with Gasteiger partial charge >= 0.3 is 0 Å². The number of benzene rings is 2. The van der Waals surface area contributed by atoms with Crippen LogP contribution in [0.25, 0.3) is 0 Å². The number of anilines is 1. The fourth-order valence-electron chi connectivity index (χ4n) is 2.99. The van der Waals surface area contributed by atoms with Crippen LogP contribution in [0.4, 0.5) is 5.69 Å². The maximum atomic E-state index is 12.5. The molecule has 1 aliphatic heterocycles. The van der Waals surface area contributed by atoms with Gasteiger partial charge in [0, 0.05) is 16.8 Å². The molecule has 0 aliphatic carbocycles. The molecule has 1 aliphatic rings. The van der Waals surface area contributed by atoms with E-state index in [0.717, 1.165) is 17.7 Å². The molecule has 0 bridgehead atoms. The Morgan fingerprint density at radius 1 is 1.23 bits per heavy atom. The first-order valence-electron chi connectivity index (χ1n) is 8.20. The van der Waals surface area contributed by atoms with Gasteiger partial charge in [-0.2, -0.15) is 0 Å². The smallest absolute Gasteiger partial charge is 0.258 e. The van der Waals surface area contributed by atoms with E-state index < -0.39 is 5.91 Å². The average Bonchev–Trinajstić information content (AvgIpc) is 2.94. The van der Waals surface area contributed by atoms with Gasteiger partial charge < -0.3 is 15.0 Å². The lowest BCUT2D eigenvalue weighted by Crippen LogP contribution is -2.44. The zero-order chi connectivity index (χ0) is 18.7. The normalized spacial score (nSPS) is 15.5. The second kappa shape index (κ2) is 7.98. The molecule has 0 aromatic heterocycles. The lowest BCUT2D eigenvalue weighted by atomic mass is 10.1. The van der Waals surface area contributed by atoms with Crippen LogP contribution in [0.2, 0.25) is 10.0 Å². The Hall–Kier alpha value is -2.24. The summed E-state index contributed by atoms with van der Waals surface area (Å²) in [4.78, 5) is 26.2. The van der Waals surface area contributed by atoms with E-state index in [1.165, 1.54) is 6.07 Å². The van der Waals surface area contributed by atoms with Crippen molar-refractivity contribution in [3.8, 4) is 5.75 Å². The summed E-state index contributed by atoms with van der Waals surface area (Å²) in [6, 6.07) is 12.6. The second-order valence-electron chi connectivity index (χ2n) is 6.09. The lowest BCUT2D eigenvalue weighted by molar-refractivity contribution is -0.126. The molecule has 1 atom stereocenters. The Morgan fingerprint density at radius 3 is 2.77 bits per heavy atom. The molecule has 3 rings (SSSR count). The predicted octanol–water partition coefficient (Wildman–Crippen LogP) is 3.47. The van der Waals surface area contributed by atoms with E-state index in [9.17, 15) is 9.59 Å². The summed E-state index contributed by atoms with van der Waals surface area (Å²) < 4.78 is 5.36. The predicted molar refractivity (Wildman–Crippen MR) is 102 cm³/mol. The summed E-state index contributed by atoms with van der Waals surface area (Å²) in [5, 5.41) is 3.39. The third-order valence-corrected chi connectivity index (χ3v) is 4.70. The molecule has 0 spiro atoms. The highest BCUT2D eigenvalue weighted by molar-refractivity contribution is 6.35. The van der Waals surface area contributed by atoms with E-state index in [-0.39, 0.29) is 25.1 Å². The highest BCUT2D eigenvalue weighted by Crippen LogP contribution is 2.31. The molecule has 7 heteroatoms. The van der Waals surface area contributed by atoms with Crippen molar-refractivity contribution in [2.75, 3.05) is 18.1 Å². The number of rotatable bonds is 5. The van der Waals surface area contributed by atoms with Gasteiger partial charge in [-0.3, -0.25) is 9.59 Å². The van der Waals surface area contributed by atoms with Gasteiger partial charge in [-0.25, -0.2) is 0 Å². The maximum absolute atomic E-state index is 12.5. The number of para-hydroxylation sites is 1. The van der Waals surface area contributed by atoms with Crippen LogP contribution in [0.1, 0.15) is 12.5 Å². The number of ether oxygens (including phenoxy) is 1. The van der Waals surface area contributed by atoms with Crippen LogP contribution in [0.15, 0.2) is 42.5 Å². The number of nitrogens with one attached hydrogen (secondary N) is 1. The Labute approximate surface area is 161 Å². The number of carbonyl (C=O) groups is 2. The molecule has 1 N–H and O–H groups in total. The van der Waals surface area contributed by atoms with Gasteiger partial charge in [0.1, 0.15) is 5.75 Å². The fourth-order valence-corrected chi connectivity index (χ4v) is 3.45. The van der Waals surface area contributed by atoms with Crippen LogP contribution in [-0.4, -0.2) is 31.0 Å². The van der Waals surface area contributed by atoms with Gasteiger partial charge in [-0.1, -0.05) is 41.4 Å². The first-order chi connectivity index (χ1) is 12.5. The molecular weight excluding hydrogens is 375 g/mol. The quantitative estimate of drug-likeness (QED) is 0.847. The van der Waals surface area contributed by atoms with Gasteiger partial charge in [0.05, 0.1) is 11.6 Å². The largest absolute Gasteiger partial charge is 0.482 e. The van der Waals surface area contributed by atoms with E-state index in [1.807, 2.05) is 31.2 Å². The molecule has 136 valence electrons. The van der Waals surface area contributed by atoms with Crippen LogP contribution in [0.3, 0.4) is 0 Å². The van der Waals surface area contributed by atoms with E-state index in [2.05, 4.69) is 5.32 Å². The van der Waals surface area contributed by atoms with Crippen LogP contribution in [-0.2, 0) is 16.0 Å². The van der Waals surface area contributed by atoms with Crippen molar-refractivity contribution in [2.45, 2.75) is 19.4 Å².